The molecule has 3 nitrogen and oxygen atoms in total. The highest BCUT2D eigenvalue weighted by atomic mass is 16.5. The zero-order chi connectivity index (χ0) is 13.7. The van der Waals surface area contributed by atoms with Crippen LogP contribution in [0.5, 0.6) is 0 Å². The number of ether oxygens (including phenoxy) is 1. The first kappa shape index (κ1) is 13.8. The molecular formula is C16H20O3. The van der Waals surface area contributed by atoms with Gasteiger partial charge in [-0.05, 0) is 29.9 Å². The number of ketones is 1. The van der Waals surface area contributed by atoms with Crippen LogP contribution in [-0.4, -0.2) is 18.4 Å². The molecule has 0 N–H and O–H groups in total. The van der Waals surface area contributed by atoms with Gasteiger partial charge in [0.05, 0.1) is 6.61 Å². The van der Waals surface area contributed by atoms with Crippen molar-refractivity contribution >= 4 is 11.8 Å². The quantitative estimate of drug-likeness (QED) is 0.782. The van der Waals surface area contributed by atoms with Gasteiger partial charge in [0.2, 0.25) is 0 Å². The van der Waals surface area contributed by atoms with Gasteiger partial charge in [0, 0.05) is 26.2 Å². The van der Waals surface area contributed by atoms with E-state index in [1.54, 1.807) is 0 Å². The third-order valence-electron chi connectivity index (χ3n) is 3.69. The van der Waals surface area contributed by atoms with Crippen molar-refractivity contribution in [1.82, 2.24) is 0 Å². The first-order valence-electron chi connectivity index (χ1n) is 6.89. The Bertz CT molecular complexity index is 438. The van der Waals surface area contributed by atoms with E-state index >= 15 is 0 Å². The van der Waals surface area contributed by atoms with Crippen LogP contribution in [0.25, 0.3) is 0 Å². The van der Waals surface area contributed by atoms with Gasteiger partial charge < -0.3 is 4.74 Å². The van der Waals surface area contributed by atoms with Crippen LogP contribution in [0.4, 0.5) is 0 Å². The van der Waals surface area contributed by atoms with E-state index < -0.39 is 0 Å². The van der Waals surface area contributed by atoms with E-state index in [-0.39, 0.29) is 5.97 Å². The molecular weight excluding hydrogens is 240 g/mol. The summed E-state index contributed by atoms with van der Waals surface area (Å²) in [6.45, 7) is 1.86. The minimum absolute atomic E-state index is 0.233. The molecule has 1 aliphatic rings. The van der Waals surface area contributed by atoms with Gasteiger partial charge in [-0.3, -0.25) is 9.59 Å². The Balaban J connectivity index is 1.87. The van der Waals surface area contributed by atoms with Crippen LogP contribution in [0, 0.1) is 0 Å². The smallest absolute Gasteiger partial charge is 0.302 e. The maximum atomic E-state index is 11.2. The normalized spacial score (nSPS) is 16.4. The summed E-state index contributed by atoms with van der Waals surface area (Å²) in [4.78, 5) is 21.9. The molecule has 1 aromatic carbocycles. The largest absolute Gasteiger partial charge is 0.466 e. The maximum Gasteiger partial charge on any atom is 0.302 e. The standard InChI is InChI=1S/C16H20O3/c1-12(17)19-11-10-13-2-4-14(5-3-13)15-6-8-16(18)9-7-15/h2-5,15H,6-11H2,1H3. The predicted molar refractivity (Wildman–Crippen MR) is 73.0 cm³/mol. The summed E-state index contributed by atoms with van der Waals surface area (Å²) in [6, 6.07) is 8.47. The molecule has 1 aliphatic carbocycles. The molecule has 0 saturated heterocycles. The molecule has 0 atom stereocenters. The average Bonchev–Trinajstić information content (AvgIpc) is 2.40. The van der Waals surface area contributed by atoms with E-state index in [9.17, 15) is 9.59 Å². The Morgan fingerprint density at radius 1 is 1.21 bits per heavy atom. The molecule has 0 bridgehead atoms. The van der Waals surface area contributed by atoms with Gasteiger partial charge in [-0.25, -0.2) is 0 Å². The van der Waals surface area contributed by atoms with Crippen molar-refractivity contribution in [2.45, 2.75) is 44.9 Å². The van der Waals surface area contributed by atoms with Gasteiger partial charge in [0.25, 0.3) is 0 Å². The first-order chi connectivity index (χ1) is 9.15. The number of benzene rings is 1. The van der Waals surface area contributed by atoms with Gasteiger partial charge in [0.1, 0.15) is 5.78 Å². The highest BCUT2D eigenvalue weighted by Crippen LogP contribution is 2.31. The van der Waals surface area contributed by atoms with Crippen LogP contribution in [0.1, 0.15) is 49.7 Å². The van der Waals surface area contributed by atoms with E-state index in [0.29, 0.717) is 18.3 Å². The van der Waals surface area contributed by atoms with E-state index in [0.717, 1.165) is 32.1 Å². The Labute approximate surface area is 114 Å². The van der Waals surface area contributed by atoms with Crippen molar-refractivity contribution in [3.05, 3.63) is 35.4 Å². The fourth-order valence-electron chi connectivity index (χ4n) is 2.54. The topological polar surface area (TPSA) is 43.4 Å². The molecule has 1 aromatic rings. The van der Waals surface area contributed by atoms with Crippen molar-refractivity contribution in [3.8, 4) is 0 Å². The lowest BCUT2D eigenvalue weighted by Gasteiger charge is -2.21. The van der Waals surface area contributed by atoms with E-state index in [2.05, 4.69) is 24.3 Å². The molecule has 0 unspecified atom stereocenters. The molecule has 0 aliphatic heterocycles. The van der Waals surface area contributed by atoms with Crippen LogP contribution in [0.2, 0.25) is 0 Å². The lowest BCUT2D eigenvalue weighted by molar-refractivity contribution is -0.140. The molecule has 1 saturated carbocycles. The molecule has 0 heterocycles. The van der Waals surface area contributed by atoms with Gasteiger partial charge in [-0.2, -0.15) is 0 Å². The van der Waals surface area contributed by atoms with Gasteiger partial charge in [0.15, 0.2) is 0 Å². The summed E-state index contributed by atoms with van der Waals surface area (Å²) in [5.74, 6) is 0.693. The minimum atomic E-state index is -0.233. The third kappa shape index (κ3) is 4.19. The average molecular weight is 260 g/mol. The number of Topliss-reactive ketones (excluding diaryl/α,β-unsaturated/α-hetero) is 1. The number of carbonyl (C=O) groups is 2. The second kappa shape index (κ2) is 6.50. The van der Waals surface area contributed by atoms with Crippen molar-refractivity contribution < 1.29 is 14.3 Å². The minimum Gasteiger partial charge on any atom is -0.466 e. The monoisotopic (exact) mass is 260 g/mol. The van der Waals surface area contributed by atoms with Crippen LogP contribution in [0.3, 0.4) is 0 Å². The summed E-state index contributed by atoms with van der Waals surface area (Å²) in [6.07, 6.45) is 4.15. The number of esters is 1. The molecule has 3 heteroatoms. The van der Waals surface area contributed by atoms with Gasteiger partial charge in [-0.15, -0.1) is 0 Å². The molecule has 19 heavy (non-hydrogen) atoms. The van der Waals surface area contributed by atoms with Crippen LogP contribution in [0.15, 0.2) is 24.3 Å². The SMILES string of the molecule is CC(=O)OCCc1ccc(C2CCC(=O)CC2)cc1. The molecule has 1 fully saturated rings. The Hall–Kier alpha value is -1.64. The number of rotatable bonds is 4. The summed E-state index contributed by atoms with van der Waals surface area (Å²) < 4.78 is 4.93. The Morgan fingerprint density at radius 3 is 2.42 bits per heavy atom. The van der Waals surface area contributed by atoms with Gasteiger partial charge in [-0.1, -0.05) is 24.3 Å². The van der Waals surface area contributed by atoms with Crippen molar-refractivity contribution in [3.63, 3.8) is 0 Å². The van der Waals surface area contributed by atoms with Gasteiger partial charge >= 0.3 is 5.97 Å². The lowest BCUT2D eigenvalue weighted by atomic mass is 9.83. The fraction of sp³-hybridized carbons (Fsp3) is 0.500. The third-order valence-corrected chi connectivity index (χ3v) is 3.69. The molecule has 2 rings (SSSR count). The van der Waals surface area contributed by atoms with Crippen molar-refractivity contribution in [1.29, 1.82) is 0 Å². The summed E-state index contributed by atoms with van der Waals surface area (Å²) in [7, 11) is 0. The van der Waals surface area contributed by atoms with Crippen LogP contribution in [-0.2, 0) is 20.7 Å². The predicted octanol–water partition coefficient (Wildman–Crippen LogP) is 3.02. The molecule has 0 amide bonds. The fourth-order valence-corrected chi connectivity index (χ4v) is 2.54. The summed E-state index contributed by atoms with van der Waals surface area (Å²) in [5.41, 5.74) is 2.50. The molecule has 102 valence electrons. The zero-order valence-corrected chi connectivity index (χ0v) is 11.4. The van der Waals surface area contributed by atoms with E-state index in [1.807, 2.05) is 0 Å². The highest BCUT2D eigenvalue weighted by molar-refractivity contribution is 5.79. The van der Waals surface area contributed by atoms with Crippen molar-refractivity contribution in [2.75, 3.05) is 6.61 Å². The highest BCUT2D eigenvalue weighted by Gasteiger charge is 2.19. The van der Waals surface area contributed by atoms with E-state index in [1.165, 1.54) is 18.1 Å². The second-order valence-electron chi connectivity index (χ2n) is 5.14. The number of hydrogen-bond acceptors (Lipinski definition) is 3. The maximum absolute atomic E-state index is 11.2. The number of carbonyl (C=O) groups excluding carboxylic acids is 2. The Morgan fingerprint density at radius 2 is 1.84 bits per heavy atom. The molecule has 0 radical (unpaired) electrons. The number of hydrogen-bond donors (Lipinski definition) is 0. The Kier molecular flexibility index (Phi) is 4.72. The summed E-state index contributed by atoms with van der Waals surface area (Å²) >= 11 is 0. The first-order valence-corrected chi connectivity index (χ1v) is 6.89. The lowest BCUT2D eigenvalue weighted by Crippen LogP contribution is -2.12. The van der Waals surface area contributed by atoms with E-state index in [4.69, 9.17) is 4.74 Å². The van der Waals surface area contributed by atoms with Crippen LogP contribution < -0.4 is 0 Å². The summed E-state index contributed by atoms with van der Waals surface area (Å²) in [5, 5.41) is 0. The van der Waals surface area contributed by atoms with Crippen LogP contribution >= 0.6 is 0 Å². The molecule has 0 aromatic heterocycles. The molecule has 0 spiro atoms. The second-order valence-corrected chi connectivity index (χ2v) is 5.14. The van der Waals surface area contributed by atoms with Crippen molar-refractivity contribution in [2.24, 2.45) is 0 Å². The zero-order valence-electron chi connectivity index (χ0n) is 11.4.